The van der Waals surface area contributed by atoms with E-state index in [-0.39, 0.29) is 5.56 Å². The van der Waals surface area contributed by atoms with Crippen molar-refractivity contribution in [2.45, 2.75) is 16.0 Å². The van der Waals surface area contributed by atoms with E-state index in [1.54, 1.807) is 24.4 Å². The third-order valence-corrected chi connectivity index (χ3v) is 5.54. The lowest BCUT2D eigenvalue weighted by Crippen LogP contribution is -2.33. The smallest absolute Gasteiger partial charge is 0.343 e. The topological polar surface area (TPSA) is 70.7 Å². The molecule has 2 N–H and O–H groups in total. The van der Waals surface area contributed by atoms with Crippen LogP contribution in [-0.2, 0) is 0 Å². The van der Waals surface area contributed by atoms with Gasteiger partial charge in [0.25, 0.3) is 5.91 Å². The van der Waals surface area contributed by atoms with E-state index in [9.17, 15) is 18.0 Å². The lowest BCUT2D eigenvalue weighted by atomic mass is 10.2. The highest BCUT2D eigenvalue weighted by Gasteiger charge is 2.28. The molecule has 2 aromatic carbocycles. The number of fused-ring (bicyclic) bond motifs is 1. The molecule has 0 aliphatic carbocycles. The molecule has 4 rings (SSSR count). The molecule has 4 aromatic rings. The number of aromatic nitrogens is 3. The number of H-pyrrole nitrogens is 1. The van der Waals surface area contributed by atoms with Gasteiger partial charge >= 0.3 is 6.18 Å². The van der Waals surface area contributed by atoms with Crippen LogP contribution in [0, 0.1) is 0 Å². The van der Waals surface area contributed by atoms with Crippen molar-refractivity contribution in [3.05, 3.63) is 83.8 Å². The Bertz CT molecular complexity index is 1270. The molecule has 0 unspecified atom stereocenters. The number of aromatic amines is 1. The van der Waals surface area contributed by atoms with Crippen LogP contribution in [0.2, 0.25) is 0 Å². The molecule has 32 heavy (non-hydrogen) atoms. The van der Waals surface area contributed by atoms with Crippen LogP contribution < -0.4 is 5.32 Å². The summed E-state index contributed by atoms with van der Waals surface area (Å²) in [6.45, 7) is -1.38. The van der Waals surface area contributed by atoms with Crippen molar-refractivity contribution in [3.63, 3.8) is 0 Å². The van der Waals surface area contributed by atoms with Gasteiger partial charge in [-0.2, -0.15) is 18.3 Å². The summed E-state index contributed by atoms with van der Waals surface area (Å²) in [5.41, 5.74) is 2.56. The standard InChI is InChI=1S/C23H17F3N4OS/c24-23(25,26)14-28-22(31)18-6-1-2-7-21(18)32-16-9-10-17-19(29-30-20(17)13-16)11-8-15-5-3-4-12-27-15/h1-13H,14H2,(H,28,31)(H,29,30)/b11-8+. The summed E-state index contributed by atoms with van der Waals surface area (Å²) in [4.78, 5) is 17.9. The Labute approximate surface area is 185 Å². The Kier molecular flexibility index (Phi) is 6.27. The molecule has 0 saturated carbocycles. The van der Waals surface area contributed by atoms with Gasteiger partial charge in [-0.1, -0.05) is 30.0 Å². The summed E-state index contributed by atoms with van der Waals surface area (Å²) in [7, 11) is 0. The van der Waals surface area contributed by atoms with Crippen molar-refractivity contribution in [1.82, 2.24) is 20.5 Å². The highest BCUT2D eigenvalue weighted by molar-refractivity contribution is 7.99. The number of carbonyl (C=O) groups excluding carboxylic acids is 1. The number of nitrogens with zero attached hydrogens (tertiary/aromatic N) is 2. The molecule has 9 heteroatoms. The molecule has 0 aliphatic heterocycles. The number of pyridine rings is 1. The van der Waals surface area contributed by atoms with Crippen LogP contribution in [0.3, 0.4) is 0 Å². The fourth-order valence-corrected chi connectivity index (χ4v) is 3.98. The van der Waals surface area contributed by atoms with Crippen LogP contribution in [0.1, 0.15) is 21.7 Å². The Hall–Kier alpha value is -3.59. The molecule has 0 aliphatic rings. The highest BCUT2D eigenvalue weighted by atomic mass is 32.2. The molecule has 0 spiro atoms. The lowest BCUT2D eigenvalue weighted by molar-refractivity contribution is -0.123. The molecule has 2 aromatic heterocycles. The maximum absolute atomic E-state index is 12.4. The largest absolute Gasteiger partial charge is 0.405 e. The molecule has 0 radical (unpaired) electrons. The summed E-state index contributed by atoms with van der Waals surface area (Å²) in [5, 5.41) is 10.2. The van der Waals surface area contributed by atoms with E-state index in [0.29, 0.717) is 4.90 Å². The average Bonchev–Trinajstić information content (AvgIpc) is 3.19. The zero-order valence-corrected chi connectivity index (χ0v) is 17.4. The van der Waals surface area contributed by atoms with Gasteiger partial charge in [-0.05, 0) is 54.6 Å². The van der Waals surface area contributed by atoms with E-state index in [4.69, 9.17) is 0 Å². The van der Waals surface area contributed by atoms with Gasteiger partial charge in [-0.3, -0.25) is 14.9 Å². The second kappa shape index (κ2) is 9.27. The zero-order chi connectivity index (χ0) is 22.6. The van der Waals surface area contributed by atoms with Gasteiger partial charge in [0, 0.05) is 21.4 Å². The first-order valence-electron chi connectivity index (χ1n) is 9.58. The normalized spacial score (nSPS) is 11.8. The first kappa shape index (κ1) is 21.6. The van der Waals surface area contributed by atoms with Gasteiger partial charge in [0.2, 0.25) is 0 Å². The van der Waals surface area contributed by atoms with Gasteiger partial charge < -0.3 is 5.32 Å². The monoisotopic (exact) mass is 454 g/mol. The van der Waals surface area contributed by atoms with Gasteiger partial charge in [0.05, 0.1) is 22.5 Å². The molecule has 0 fully saturated rings. The van der Waals surface area contributed by atoms with Gasteiger partial charge in [0.15, 0.2) is 0 Å². The Balaban J connectivity index is 1.53. The summed E-state index contributed by atoms with van der Waals surface area (Å²) < 4.78 is 37.3. The van der Waals surface area contributed by atoms with Crippen LogP contribution in [-0.4, -0.2) is 33.8 Å². The number of hydrogen-bond donors (Lipinski definition) is 2. The lowest BCUT2D eigenvalue weighted by Gasteiger charge is -2.11. The number of hydrogen-bond acceptors (Lipinski definition) is 4. The highest BCUT2D eigenvalue weighted by Crippen LogP contribution is 2.33. The van der Waals surface area contributed by atoms with Crippen LogP contribution >= 0.6 is 11.8 Å². The Morgan fingerprint density at radius 1 is 1.06 bits per heavy atom. The van der Waals surface area contributed by atoms with Crippen molar-refractivity contribution >= 4 is 40.7 Å². The summed E-state index contributed by atoms with van der Waals surface area (Å²) in [6.07, 6.45) is 0.988. The Morgan fingerprint density at radius 3 is 2.66 bits per heavy atom. The SMILES string of the molecule is O=C(NCC(F)(F)F)c1ccccc1Sc1ccc2c(/C=C/c3ccccn3)n[nH]c2c1. The van der Waals surface area contributed by atoms with Crippen LogP contribution in [0.4, 0.5) is 13.2 Å². The van der Waals surface area contributed by atoms with E-state index in [2.05, 4.69) is 15.2 Å². The molecule has 162 valence electrons. The maximum atomic E-state index is 12.4. The number of rotatable bonds is 6. The third kappa shape index (κ3) is 5.36. The van der Waals surface area contributed by atoms with Gasteiger partial charge in [-0.25, -0.2) is 0 Å². The number of nitrogens with one attached hydrogen (secondary N) is 2. The summed E-state index contributed by atoms with van der Waals surface area (Å²) in [6, 6.07) is 17.9. The molecule has 0 bridgehead atoms. The number of alkyl halides is 3. The van der Waals surface area contributed by atoms with Crippen LogP contribution in [0.15, 0.2) is 76.7 Å². The first-order valence-corrected chi connectivity index (χ1v) is 10.4. The fraction of sp³-hybridized carbons (Fsp3) is 0.0870. The van der Waals surface area contributed by atoms with Crippen molar-refractivity contribution in [2.24, 2.45) is 0 Å². The van der Waals surface area contributed by atoms with Crippen molar-refractivity contribution in [1.29, 1.82) is 0 Å². The minimum absolute atomic E-state index is 0.186. The predicted octanol–water partition coefficient (Wildman–Crippen LogP) is 5.57. The van der Waals surface area contributed by atoms with E-state index in [1.165, 1.54) is 17.8 Å². The second-order valence-electron chi connectivity index (χ2n) is 6.80. The van der Waals surface area contributed by atoms with Crippen molar-refractivity contribution in [3.8, 4) is 0 Å². The molecular weight excluding hydrogens is 437 g/mol. The fourth-order valence-electron chi connectivity index (χ4n) is 3.00. The number of amides is 1. The minimum Gasteiger partial charge on any atom is -0.343 e. The molecule has 0 saturated heterocycles. The summed E-state index contributed by atoms with van der Waals surface area (Å²) in [5.74, 6) is -0.769. The molecule has 2 heterocycles. The minimum atomic E-state index is -4.47. The summed E-state index contributed by atoms with van der Waals surface area (Å²) >= 11 is 1.29. The van der Waals surface area contributed by atoms with E-state index >= 15 is 0 Å². The van der Waals surface area contributed by atoms with Crippen LogP contribution in [0.25, 0.3) is 23.1 Å². The first-order chi connectivity index (χ1) is 15.4. The second-order valence-corrected chi connectivity index (χ2v) is 7.92. The number of benzene rings is 2. The third-order valence-electron chi connectivity index (χ3n) is 4.47. The van der Waals surface area contributed by atoms with Crippen molar-refractivity contribution < 1.29 is 18.0 Å². The van der Waals surface area contributed by atoms with E-state index in [0.717, 1.165) is 27.2 Å². The van der Waals surface area contributed by atoms with Gasteiger partial charge in [0.1, 0.15) is 6.54 Å². The maximum Gasteiger partial charge on any atom is 0.405 e. The molecular formula is C23H17F3N4OS. The van der Waals surface area contributed by atoms with Crippen molar-refractivity contribution in [2.75, 3.05) is 6.54 Å². The predicted molar refractivity (Wildman–Crippen MR) is 118 cm³/mol. The zero-order valence-electron chi connectivity index (χ0n) is 16.6. The quantitative estimate of drug-likeness (QED) is 0.400. The molecule has 0 atom stereocenters. The van der Waals surface area contributed by atoms with Gasteiger partial charge in [-0.15, -0.1) is 0 Å². The average molecular weight is 454 g/mol. The number of carbonyl (C=O) groups is 1. The molecule has 5 nitrogen and oxygen atoms in total. The number of halogens is 3. The Morgan fingerprint density at radius 2 is 1.88 bits per heavy atom. The molecule has 1 amide bonds. The van der Waals surface area contributed by atoms with E-state index < -0.39 is 18.6 Å². The van der Waals surface area contributed by atoms with E-state index in [1.807, 2.05) is 53.9 Å². The van der Waals surface area contributed by atoms with Crippen LogP contribution in [0.5, 0.6) is 0 Å².